The first-order valence-corrected chi connectivity index (χ1v) is 9.94. The summed E-state index contributed by atoms with van der Waals surface area (Å²) in [5.74, 6) is -0.135. The Hall–Kier alpha value is -1.15. The van der Waals surface area contributed by atoms with Crippen molar-refractivity contribution in [3.8, 4) is 0 Å². The van der Waals surface area contributed by atoms with E-state index in [0.717, 1.165) is 25.7 Å². The SMILES string of the molecule is O=C(CCNS(=O)(=O)c1ccccc1Cl)NC1CCCCC1CO. The second-order valence-electron chi connectivity index (χ2n) is 5.98. The Kier molecular flexibility index (Phi) is 7.03. The van der Waals surface area contributed by atoms with Crippen LogP contribution in [0.4, 0.5) is 0 Å². The number of aliphatic hydroxyl groups is 1. The van der Waals surface area contributed by atoms with Crippen molar-refractivity contribution < 1.29 is 18.3 Å². The maximum absolute atomic E-state index is 12.2. The molecule has 0 aromatic heterocycles. The summed E-state index contributed by atoms with van der Waals surface area (Å²) in [6, 6.07) is 6.12. The summed E-state index contributed by atoms with van der Waals surface area (Å²) in [5.41, 5.74) is 0. The van der Waals surface area contributed by atoms with Gasteiger partial charge in [-0.3, -0.25) is 4.79 Å². The van der Waals surface area contributed by atoms with Crippen molar-refractivity contribution in [2.75, 3.05) is 13.2 Å². The molecule has 6 nitrogen and oxygen atoms in total. The molecule has 1 aliphatic rings. The topological polar surface area (TPSA) is 95.5 Å². The molecule has 1 amide bonds. The van der Waals surface area contributed by atoms with Gasteiger partial charge in [0, 0.05) is 31.5 Å². The normalized spacial score (nSPS) is 21.4. The standard InChI is InChI=1S/C16H23ClN2O4S/c17-13-6-2-4-8-15(13)24(22,23)18-10-9-16(21)19-14-7-3-1-5-12(14)11-20/h2,4,6,8,12,14,18,20H,1,3,5,7,9-11H2,(H,19,21). The third-order valence-corrected chi connectivity index (χ3v) is 6.22. The third kappa shape index (κ3) is 5.17. The van der Waals surface area contributed by atoms with Gasteiger partial charge in [-0.05, 0) is 25.0 Å². The van der Waals surface area contributed by atoms with Gasteiger partial charge in [-0.2, -0.15) is 0 Å². The average Bonchev–Trinajstić information content (AvgIpc) is 2.55. The number of carbonyl (C=O) groups is 1. The van der Waals surface area contributed by atoms with Crippen LogP contribution in [0, 0.1) is 5.92 Å². The molecular formula is C16H23ClN2O4S. The van der Waals surface area contributed by atoms with Crippen LogP contribution in [0.5, 0.6) is 0 Å². The average molecular weight is 375 g/mol. The van der Waals surface area contributed by atoms with Gasteiger partial charge in [0.2, 0.25) is 15.9 Å². The number of hydrogen-bond donors (Lipinski definition) is 3. The van der Waals surface area contributed by atoms with E-state index in [-0.39, 0.29) is 47.4 Å². The van der Waals surface area contributed by atoms with E-state index in [4.69, 9.17) is 11.6 Å². The minimum absolute atomic E-state index is 0.000278. The van der Waals surface area contributed by atoms with Gasteiger partial charge in [-0.1, -0.05) is 36.6 Å². The van der Waals surface area contributed by atoms with Crippen LogP contribution in [-0.2, 0) is 14.8 Å². The number of hydrogen-bond acceptors (Lipinski definition) is 4. The van der Waals surface area contributed by atoms with Crippen LogP contribution in [0.25, 0.3) is 0 Å². The molecule has 134 valence electrons. The van der Waals surface area contributed by atoms with Crippen LogP contribution in [0.2, 0.25) is 5.02 Å². The van der Waals surface area contributed by atoms with E-state index in [1.807, 2.05) is 0 Å². The number of aliphatic hydroxyl groups excluding tert-OH is 1. The Morgan fingerprint density at radius 1 is 1.25 bits per heavy atom. The first-order valence-electron chi connectivity index (χ1n) is 8.08. The van der Waals surface area contributed by atoms with E-state index in [1.54, 1.807) is 12.1 Å². The number of rotatable bonds is 7. The molecule has 0 saturated heterocycles. The molecule has 1 aromatic rings. The van der Waals surface area contributed by atoms with Crippen molar-refractivity contribution >= 4 is 27.5 Å². The largest absolute Gasteiger partial charge is 0.396 e. The van der Waals surface area contributed by atoms with Crippen molar-refractivity contribution in [3.63, 3.8) is 0 Å². The molecule has 1 saturated carbocycles. The monoisotopic (exact) mass is 374 g/mol. The number of halogens is 1. The molecule has 0 bridgehead atoms. The Morgan fingerprint density at radius 2 is 1.96 bits per heavy atom. The number of carbonyl (C=O) groups excluding carboxylic acids is 1. The van der Waals surface area contributed by atoms with Gasteiger partial charge in [0.1, 0.15) is 4.90 Å². The summed E-state index contributed by atoms with van der Waals surface area (Å²) in [5, 5.41) is 12.4. The molecule has 0 heterocycles. The molecule has 2 atom stereocenters. The van der Waals surface area contributed by atoms with E-state index in [0.29, 0.717) is 0 Å². The van der Waals surface area contributed by atoms with Crippen LogP contribution in [-0.4, -0.2) is 38.6 Å². The lowest BCUT2D eigenvalue weighted by molar-refractivity contribution is -0.122. The van der Waals surface area contributed by atoms with E-state index in [9.17, 15) is 18.3 Å². The van der Waals surface area contributed by atoms with Crippen molar-refractivity contribution in [3.05, 3.63) is 29.3 Å². The van der Waals surface area contributed by atoms with E-state index < -0.39 is 10.0 Å². The highest BCUT2D eigenvalue weighted by atomic mass is 35.5. The van der Waals surface area contributed by atoms with Gasteiger partial charge in [0.05, 0.1) is 5.02 Å². The lowest BCUT2D eigenvalue weighted by atomic mass is 9.85. The quantitative estimate of drug-likeness (QED) is 0.676. The Bertz CT molecular complexity index is 666. The lowest BCUT2D eigenvalue weighted by Crippen LogP contribution is -2.44. The fourth-order valence-electron chi connectivity index (χ4n) is 2.93. The summed E-state index contributed by atoms with van der Waals surface area (Å²) in [6.07, 6.45) is 3.89. The Morgan fingerprint density at radius 3 is 2.67 bits per heavy atom. The highest BCUT2D eigenvalue weighted by molar-refractivity contribution is 7.89. The van der Waals surface area contributed by atoms with Gasteiger partial charge in [-0.15, -0.1) is 0 Å². The minimum Gasteiger partial charge on any atom is -0.396 e. The molecule has 24 heavy (non-hydrogen) atoms. The van der Waals surface area contributed by atoms with Gasteiger partial charge < -0.3 is 10.4 Å². The molecule has 0 aliphatic heterocycles. The summed E-state index contributed by atoms with van der Waals surface area (Å²) in [7, 11) is -3.74. The van der Waals surface area contributed by atoms with Crippen LogP contribution < -0.4 is 10.0 Å². The van der Waals surface area contributed by atoms with E-state index >= 15 is 0 Å². The van der Waals surface area contributed by atoms with Crippen molar-refractivity contribution in [2.24, 2.45) is 5.92 Å². The molecule has 1 aliphatic carbocycles. The zero-order chi connectivity index (χ0) is 17.6. The fourth-order valence-corrected chi connectivity index (χ4v) is 4.48. The highest BCUT2D eigenvalue weighted by Crippen LogP contribution is 2.24. The fraction of sp³-hybridized carbons (Fsp3) is 0.562. The zero-order valence-electron chi connectivity index (χ0n) is 13.4. The van der Waals surface area contributed by atoms with Gasteiger partial charge in [0.25, 0.3) is 0 Å². The second-order valence-corrected chi connectivity index (χ2v) is 8.12. The predicted octanol–water partition coefficient (Wildman–Crippen LogP) is 1.68. The van der Waals surface area contributed by atoms with Crippen molar-refractivity contribution in [1.29, 1.82) is 0 Å². The Labute approximate surface area is 147 Å². The second kappa shape index (κ2) is 8.80. The van der Waals surface area contributed by atoms with Crippen molar-refractivity contribution in [1.82, 2.24) is 10.0 Å². The summed E-state index contributed by atoms with van der Waals surface area (Å²) in [6.45, 7) is 0.0555. The number of sulfonamides is 1. The molecule has 1 aromatic carbocycles. The predicted molar refractivity (Wildman–Crippen MR) is 92.2 cm³/mol. The van der Waals surface area contributed by atoms with Gasteiger partial charge >= 0.3 is 0 Å². The highest BCUT2D eigenvalue weighted by Gasteiger charge is 2.25. The van der Waals surface area contributed by atoms with Gasteiger partial charge in [-0.25, -0.2) is 13.1 Å². The smallest absolute Gasteiger partial charge is 0.242 e. The first-order chi connectivity index (χ1) is 11.4. The zero-order valence-corrected chi connectivity index (χ0v) is 14.9. The maximum Gasteiger partial charge on any atom is 0.242 e. The third-order valence-electron chi connectivity index (χ3n) is 4.26. The molecule has 8 heteroatoms. The summed E-state index contributed by atoms with van der Waals surface area (Å²) in [4.78, 5) is 12.0. The molecule has 1 fully saturated rings. The number of nitrogens with one attached hydrogen (secondary N) is 2. The lowest BCUT2D eigenvalue weighted by Gasteiger charge is -2.30. The number of amides is 1. The molecule has 0 spiro atoms. The molecular weight excluding hydrogens is 352 g/mol. The van der Waals surface area contributed by atoms with Crippen LogP contribution in [0.3, 0.4) is 0 Å². The summed E-state index contributed by atoms with van der Waals surface area (Å²) < 4.78 is 26.7. The van der Waals surface area contributed by atoms with E-state index in [2.05, 4.69) is 10.0 Å². The van der Waals surface area contributed by atoms with Gasteiger partial charge in [0.15, 0.2) is 0 Å². The summed E-state index contributed by atoms with van der Waals surface area (Å²) >= 11 is 5.89. The molecule has 0 radical (unpaired) electrons. The maximum atomic E-state index is 12.2. The van der Waals surface area contributed by atoms with Crippen LogP contribution >= 0.6 is 11.6 Å². The Balaban J connectivity index is 1.83. The van der Waals surface area contributed by atoms with Crippen LogP contribution in [0.1, 0.15) is 32.1 Å². The van der Waals surface area contributed by atoms with Crippen LogP contribution in [0.15, 0.2) is 29.2 Å². The molecule has 2 rings (SSSR count). The van der Waals surface area contributed by atoms with E-state index in [1.165, 1.54) is 12.1 Å². The first kappa shape index (κ1) is 19.2. The minimum atomic E-state index is -3.74. The molecule has 3 N–H and O–H groups in total. The van der Waals surface area contributed by atoms with Crippen molar-refractivity contribution in [2.45, 2.75) is 43.0 Å². The molecule has 2 unspecified atom stereocenters. The number of benzene rings is 1.